The number of benzene rings is 2. The number of carbonyl (C=O) groups excluding carboxylic acids is 13. The van der Waals surface area contributed by atoms with Gasteiger partial charge in [0.05, 0.1) is 65.2 Å². The van der Waals surface area contributed by atoms with E-state index < -0.39 is 226 Å². The summed E-state index contributed by atoms with van der Waals surface area (Å²) in [7, 11) is 0. The first kappa shape index (κ1) is 104. The standard InChI is InChI=1S/C75H114N24O23.Lu/c76-73(77)81-24-11-19-49-65(114)84-40-57(101)86-55(37-60(104)105)71(120)92-53(35-46-13-3-1-4-14-46)69(118)90-51(67(116)88-49)17-7-9-22-80-39-48(100)21-26-99(94-59(103)42-95-27-29-96(43-62(108)109)31-33-98(45-64(112)113)34-32-97(30-28-95)44-63(110)111)75(122)83-23-10-8-18-52-68(117)89-50(20-12-25-82-74(78)79)66(115)85-41-58(102)87-56(38-61(106)107)72(121)93-54(70(119)91-52)36-47-15-5-2-6-16-47;/h1-6,13-16,49-56,80H,7-12,17-45H2,(H,83,122)(H,84,114)(H,85,115)(H,86,101)(H,87,102)(H,88,116)(H,89,117)(H,90,118)(H,91,119)(H,92,120)(H,93,121)(H,94,103)(H,104,105)(H,106,107)(H,108,109)(H,110,111)(H,112,113)(H4,76,77,81)(H4,78,79,82);/t49-,50-,51+,52-,53-,54-,55-,56-;/m0./s1/i;1+2. The van der Waals surface area contributed by atoms with Crippen LogP contribution in [0.1, 0.15) is 94.6 Å². The smallest absolute Gasteiger partial charge is 0.336 e. The van der Waals surface area contributed by atoms with Gasteiger partial charge in [0.1, 0.15) is 54.1 Å². The number of ketones is 1. The molecule has 0 aromatic heterocycles. The van der Waals surface area contributed by atoms with E-state index in [9.17, 15) is 112 Å². The van der Waals surface area contributed by atoms with Crippen LogP contribution in [0.4, 0.5) is 4.79 Å². The first-order valence-corrected chi connectivity index (χ1v) is 39.9. The van der Waals surface area contributed by atoms with Gasteiger partial charge in [-0.2, -0.15) is 0 Å². The van der Waals surface area contributed by atoms with Gasteiger partial charge in [-0.25, -0.2) is 9.80 Å². The Morgan fingerprint density at radius 2 is 0.724 bits per heavy atom. The quantitative estimate of drug-likeness (QED) is 0.0128. The number of hydrogen-bond acceptors (Lipinski definition) is 25. The predicted molar refractivity (Wildman–Crippen MR) is 432 cm³/mol. The van der Waals surface area contributed by atoms with Crippen LogP contribution in [-0.2, 0) is 94.3 Å². The molecule has 3 aliphatic rings. The second-order valence-electron chi connectivity index (χ2n) is 29.2. The van der Waals surface area contributed by atoms with Crippen molar-refractivity contribution in [1.82, 2.24) is 104 Å². The van der Waals surface area contributed by atoms with Crippen LogP contribution in [-0.4, -0.2) is 348 Å². The Bertz CT molecular complexity index is 3920. The van der Waals surface area contributed by atoms with Crippen LogP contribution in [0.3, 0.4) is 0 Å². The molecule has 26 N–H and O–H groups in total. The van der Waals surface area contributed by atoms with E-state index in [0.29, 0.717) is 11.1 Å². The van der Waals surface area contributed by atoms with Gasteiger partial charge in [-0.1, -0.05) is 60.7 Å². The van der Waals surface area contributed by atoms with Gasteiger partial charge < -0.3 is 111 Å². The number of aliphatic carboxylic acids is 5. The summed E-state index contributed by atoms with van der Waals surface area (Å²) in [5.74, 6) is -18.2. The van der Waals surface area contributed by atoms with Crippen molar-refractivity contribution in [3.8, 4) is 0 Å². The largest absolute Gasteiger partial charge is 0.481 e. The SMILES string of the molecule is N=C(N)NCCC[C@@H]1NC(=O)[C@H](CCCCNC(=O)N(CCC(=O)CNCCCC[C@H]2NC(=O)[C@H](Cc3ccccc3)NC(=O)[C@H](CC(=O)O)NC(=O)CNC(=O)[C@H](CCCNC(=N)N)NC2=O)NC(=O)CN2CCN(CC(=O)O)CCN(CC(=O)O)CCN(CC(=O)O)CC2)NC(=O)[C@H](Cc2ccccc2)NC(=O)[C@H](CC(=O)O)NC(=O)CNC1=O.[177Lu]. The number of unbranched alkanes of at least 4 members (excludes halogenated alkanes) is 2. The molecule has 47 nitrogen and oxygen atoms in total. The van der Waals surface area contributed by atoms with Crippen LogP contribution in [0.2, 0.25) is 0 Å². The molecule has 3 saturated heterocycles. The van der Waals surface area contributed by atoms with Crippen molar-refractivity contribution in [3.63, 3.8) is 0 Å². The summed E-state index contributed by atoms with van der Waals surface area (Å²) in [6.45, 7) is -3.91. The molecule has 3 heterocycles. The number of nitrogens with one attached hydrogen (secondary N) is 17. The molecular formula is C75H114LuN24O23. The number of hydrogen-bond donors (Lipinski definition) is 24. The Kier molecular flexibility index (Phi) is 47.4. The number of hydrazine groups is 1. The topological polar surface area (TPSA) is 705 Å². The molecule has 3 aliphatic heterocycles. The molecule has 0 unspecified atom stereocenters. The van der Waals surface area contributed by atoms with Gasteiger partial charge in [-0.3, -0.25) is 117 Å². The number of Topliss-reactive ketones (excluding diaryl/α,β-unsaturated/α-hetero) is 1. The summed E-state index contributed by atoms with van der Waals surface area (Å²) in [6.07, 6.45) is -2.56. The molecular weight excluding hydrogens is 1780 g/mol. The number of guanidine groups is 2. The number of nitrogens with two attached hydrogens (primary N) is 2. The first-order valence-electron chi connectivity index (χ1n) is 39.9. The molecule has 0 saturated carbocycles. The van der Waals surface area contributed by atoms with Crippen LogP contribution in [0, 0.1) is 47.7 Å². The van der Waals surface area contributed by atoms with E-state index in [1.165, 1.54) is 9.80 Å². The predicted octanol–water partition coefficient (Wildman–Crippen LogP) is -8.51. The van der Waals surface area contributed by atoms with Crippen molar-refractivity contribution in [3.05, 3.63) is 71.8 Å². The minimum Gasteiger partial charge on any atom is -0.481 e. The summed E-state index contributed by atoms with van der Waals surface area (Å²) >= 11 is 0. The molecule has 0 aliphatic carbocycles. The first-order chi connectivity index (χ1) is 58.1. The Morgan fingerprint density at radius 3 is 1.09 bits per heavy atom. The third-order valence-corrected chi connectivity index (χ3v) is 19.3. The second kappa shape index (κ2) is 56.2. The van der Waals surface area contributed by atoms with Crippen molar-refractivity contribution in [1.29, 1.82) is 10.8 Å². The van der Waals surface area contributed by atoms with E-state index in [1.54, 1.807) is 70.5 Å². The van der Waals surface area contributed by atoms with Gasteiger partial charge in [0.15, 0.2) is 11.9 Å². The van der Waals surface area contributed by atoms with Crippen LogP contribution in [0.5, 0.6) is 0 Å². The zero-order valence-corrected chi connectivity index (χ0v) is 69.5. The molecule has 0 spiro atoms. The number of amides is 13. The summed E-state index contributed by atoms with van der Waals surface area (Å²) < 4.78 is 0. The van der Waals surface area contributed by atoms with Gasteiger partial charge in [0.25, 0.3) is 5.91 Å². The molecule has 8 atom stereocenters. The van der Waals surface area contributed by atoms with Gasteiger partial charge in [0.2, 0.25) is 59.1 Å². The van der Waals surface area contributed by atoms with Gasteiger partial charge >= 0.3 is 35.9 Å². The van der Waals surface area contributed by atoms with E-state index in [2.05, 4.69) is 79.9 Å². The Labute approximate surface area is 737 Å². The normalized spacial score (nSPS) is 20.7. The van der Waals surface area contributed by atoms with Crippen molar-refractivity contribution in [2.75, 3.05) is 131 Å². The molecule has 687 valence electrons. The fraction of sp³-hybridized carbons (Fsp3) is 0.573. The fourth-order valence-electron chi connectivity index (χ4n) is 13.0. The number of carboxylic acid groups (broad SMARTS) is 5. The number of carboxylic acids is 5. The summed E-state index contributed by atoms with van der Waals surface area (Å²) in [6, 6.07) is 3.50. The molecule has 0 bridgehead atoms. The fourth-order valence-corrected chi connectivity index (χ4v) is 13.0. The maximum atomic E-state index is 14.5. The average molecular weight is 1900 g/mol. The van der Waals surface area contributed by atoms with E-state index in [1.807, 2.05) is 0 Å². The number of rotatable bonds is 39. The van der Waals surface area contributed by atoms with Crippen LogP contribution in [0.15, 0.2) is 60.7 Å². The zero-order chi connectivity index (χ0) is 89.6. The summed E-state index contributed by atoms with van der Waals surface area (Å²) in [4.78, 5) is 248. The van der Waals surface area contributed by atoms with Crippen molar-refractivity contribution >= 4 is 119 Å². The van der Waals surface area contributed by atoms with E-state index >= 15 is 0 Å². The Hall–Kier alpha value is -11.5. The second-order valence-corrected chi connectivity index (χ2v) is 29.2. The zero-order valence-electron chi connectivity index (χ0n) is 67.9. The van der Waals surface area contributed by atoms with Gasteiger partial charge in [0, 0.05) is 128 Å². The molecule has 13 amide bonds. The maximum absolute atomic E-state index is 14.5. The molecule has 3 fully saturated rings. The van der Waals surface area contributed by atoms with E-state index in [0.717, 1.165) is 5.01 Å². The molecule has 2 aromatic rings. The molecule has 2 aromatic carbocycles. The molecule has 1 radical (unpaired) electrons. The van der Waals surface area contributed by atoms with Gasteiger partial charge in [-0.05, 0) is 81.9 Å². The minimum absolute atomic E-state index is 0. The monoisotopic (exact) mass is 1900 g/mol. The van der Waals surface area contributed by atoms with Crippen molar-refractivity contribution in [2.24, 2.45) is 11.5 Å². The van der Waals surface area contributed by atoms with Crippen LogP contribution in [0.25, 0.3) is 0 Å². The third-order valence-electron chi connectivity index (χ3n) is 19.3. The van der Waals surface area contributed by atoms with Crippen LogP contribution >= 0.6 is 0 Å². The number of urea groups is 1. The van der Waals surface area contributed by atoms with Crippen molar-refractivity contribution in [2.45, 2.75) is 145 Å². The minimum atomic E-state index is -1.75. The molecule has 5 rings (SSSR count). The Balaban J connectivity index is 0.0000318. The summed E-state index contributed by atoms with van der Waals surface area (Å²) in [5.41, 5.74) is 14.5. The number of carbonyl (C=O) groups is 18. The molecule has 123 heavy (non-hydrogen) atoms. The average Bonchev–Trinajstić information content (AvgIpc) is 1.85. The third kappa shape index (κ3) is 42.7. The van der Waals surface area contributed by atoms with E-state index in [-0.39, 0.29) is 205 Å². The summed E-state index contributed by atoms with van der Waals surface area (Å²) in [5, 5.41) is 100. The number of nitrogens with zero attached hydrogens (tertiary/aromatic N) is 5. The Morgan fingerprint density at radius 1 is 0.398 bits per heavy atom. The van der Waals surface area contributed by atoms with Gasteiger partial charge in [-0.15, -0.1) is 0 Å². The molecule has 48 heteroatoms. The maximum Gasteiger partial charge on any atom is 0.336 e. The van der Waals surface area contributed by atoms with Crippen LogP contribution < -0.4 is 91.3 Å². The van der Waals surface area contributed by atoms with E-state index in [4.69, 9.17) is 22.3 Å². The van der Waals surface area contributed by atoms with Crippen molar-refractivity contribution < 1.29 is 149 Å².